The quantitative estimate of drug-likeness (QED) is 0.618. The number of phenolic OH excluding ortho intramolecular Hbond substituents is 1. The van der Waals surface area contributed by atoms with Gasteiger partial charge in [0.2, 0.25) is 0 Å². The molecule has 3 aliphatic rings. The van der Waals surface area contributed by atoms with Gasteiger partial charge in [0.25, 0.3) is 0 Å². The molecule has 1 saturated carbocycles. The Morgan fingerprint density at radius 1 is 1.13 bits per heavy atom. The molecule has 1 saturated heterocycles. The molecule has 5 heteroatoms. The van der Waals surface area contributed by atoms with Crippen molar-refractivity contribution in [3.63, 3.8) is 0 Å². The number of piperidine rings is 1. The molecule has 156 valence electrons. The number of aromatic hydroxyl groups is 1. The maximum atomic E-state index is 14.7. The number of aromatic amines is 1. The number of nitrogens with one attached hydrogen (secondary N) is 1. The van der Waals surface area contributed by atoms with Gasteiger partial charge in [-0.1, -0.05) is 18.2 Å². The van der Waals surface area contributed by atoms with Gasteiger partial charge >= 0.3 is 0 Å². The normalized spacial score (nSPS) is 29.0. The SMILES string of the molecule is Oc1cccc([C@@]23CCN(CC4CC4)C[C@@]2(O)Cc2c([nH]c4cccc(F)c24)C3)c1. The second kappa shape index (κ2) is 6.32. The van der Waals surface area contributed by atoms with Crippen molar-refractivity contribution < 1.29 is 14.6 Å². The van der Waals surface area contributed by atoms with E-state index >= 15 is 0 Å². The summed E-state index contributed by atoms with van der Waals surface area (Å²) < 4.78 is 14.7. The molecule has 0 amide bonds. The molecule has 2 fully saturated rings. The van der Waals surface area contributed by atoms with E-state index < -0.39 is 11.0 Å². The summed E-state index contributed by atoms with van der Waals surface area (Å²) in [6.07, 6.45) is 4.42. The van der Waals surface area contributed by atoms with Crippen LogP contribution in [0.1, 0.15) is 36.1 Å². The van der Waals surface area contributed by atoms with Gasteiger partial charge in [-0.3, -0.25) is 0 Å². The van der Waals surface area contributed by atoms with Crippen molar-refractivity contribution in [3.8, 4) is 5.75 Å². The van der Waals surface area contributed by atoms with Crippen molar-refractivity contribution in [3.05, 3.63) is 65.1 Å². The van der Waals surface area contributed by atoms with Gasteiger partial charge in [0.05, 0.1) is 5.60 Å². The number of rotatable bonds is 3. The fourth-order valence-corrected chi connectivity index (χ4v) is 6.06. The first-order chi connectivity index (χ1) is 14.5. The fraction of sp³-hybridized carbons (Fsp3) is 0.440. The second-order valence-corrected chi connectivity index (χ2v) is 9.69. The summed E-state index contributed by atoms with van der Waals surface area (Å²) in [4.78, 5) is 5.84. The number of hydrogen-bond acceptors (Lipinski definition) is 3. The smallest absolute Gasteiger partial charge is 0.132 e. The van der Waals surface area contributed by atoms with Crippen LogP contribution in [-0.4, -0.2) is 45.3 Å². The zero-order valence-electron chi connectivity index (χ0n) is 17.0. The number of halogens is 1. The lowest BCUT2D eigenvalue weighted by Crippen LogP contribution is -2.66. The van der Waals surface area contributed by atoms with Crippen LogP contribution in [0, 0.1) is 11.7 Å². The van der Waals surface area contributed by atoms with Crippen LogP contribution in [0.15, 0.2) is 42.5 Å². The first-order valence-corrected chi connectivity index (χ1v) is 11.0. The number of β-amino-alcohol motifs (C(OH)–C–C–N with tert-alkyl or cyclic N) is 1. The predicted octanol–water partition coefficient (Wildman–Crippen LogP) is 3.90. The van der Waals surface area contributed by atoms with Crippen LogP contribution < -0.4 is 0 Å². The Labute approximate surface area is 175 Å². The van der Waals surface area contributed by atoms with Gasteiger partial charge in [0.15, 0.2) is 0 Å². The lowest BCUT2D eigenvalue weighted by molar-refractivity contribution is -0.103. The predicted molar refractivity (Wildman–Crippen MR) is 114 cm³/mol. The Kier molecular flexibility index (Phi) is 3.87. The third-order valence-corrected chi connectivity index (χ3v) is 7.76. The Bertz CT molecular complexity index is 1140. The molecule has 3 aromatic rings. The highest BCUT2D eigenvalue weighted by atomic mass is 19.1. The van der Waals surface area contributed by atoms with E-state index in [2.05, 4.69) is 9.88 Å². The largest absolute Gasteiger partial charge is 0.508 e. The van der Waals surface area contributed by atoms with Gasteiger partial charge in [-0.05, 0) is 67.1 Å². The minimum absolute atomic E-state index is 0.220. The molecule has 2 aliphatic carbocycles. The Hall–Kier alpha value is -2.37. The molecule has 2 heterocycles. The standard InChI is InChI=1S/C25H27FN2O2/c26-20-5-2-6-21-23(20)19-12-25(30)15-28(14-16-7-8-16)10-9-24(25,13-22(19)27-21)17-3-1-4-18(29)11-17/h1-6,11,16,27,29-30H,7-10,12-15H2/t24-,25-/m0/s1. The molecular weight excluding hydrogens is 379 g/mol. The van der Waals surface area contributed by atoms with Crippen molar-refractivity contribution >= 4 is 10.9 Å². The van der Waals surface area contributed by atoms with Crippen LogP contribution in [-0.2, 0) is 18.3 Å². The highest BCUT2D eigenvalue weighted by Crippen LogP contribution is 2.52. The summed E-state index contributed by atoms with van der Waals surface area (Å²) in [5.41, 5.74) is 2.17. The summed E-state index contributed by atoms with van der Waals surface area (Å²) in [5.74, 6) is 0.744. The average Bonchev–Trinajstić information content (AvgIpc) is 3.45. The van der Waals surface area contributed by atoms with Gasteiger partial charge in [-0.25, -0.2) is 4.39 Å². The molecule has 0 unspecified atom stereocenters. The number of hydrogen-bond donors (Lipinski definition) is 3. The first kappa shape index (κ1) is 18.4. The zero-order chi connectivity index (χ0) is 20.5. The summed E-state index contributed by atoms with van der Waals surface area (Å²) in [7, 11) is 0. The van der Waals surface area contributed by atoms with E-state index in [4.69, 9.17) is 0 Å². The van der Waals surface area contributed by atoms with E-state index in [0.717, 1.165) is 47.8 Å². The molecule has 0 radical (unpaired) electrons. The summed E-state index contributed by atoms with van der Waals surface area (Å²) in [6, 6.07) is 12.5. The number of benzene rings is 2. The Morgan fingerprint density at radius 2 is 1.97 bits per heavy atom. The molecule has 0 bridgehead atoms. The minimum Gasteiger partial charge on any atom is -0.508 e. The molecule has 3 N–H and O–H groups in total. The van der Waals surface area contributed by atoms with E-state index in [1.807, 2.05) is 18.2 Å². The third-order valence-electron chi connectivity index (χ3n) is 7.76. The summed E-state index contributed by atoms with van der Waals surface area (Å²) >= 11 is 0. The maximum Gasteiger partial charge on any atom is 0.132 e. The van der Waals surface area contributed by atoms with Crippen LogP contribution in [0.5, 0.6) is 5.75 Å². The van der Waals surface area contributed by atoms with Crippen LogP contribution in [0.3, 0.4) is 0 Å². The van der Waals surface area contributed by atoms with Crippen molar-refractivity contribution in [2.45, 2.75) is 43.1 Å². The Morgan fingerprint density at radius 3 is 2.77 bits per heavy atom. The molecule has 6 rings (SSSR count). The molecule has 1 aliphatic heterocycles. The van der Waals surface area contributed by atoms with E-state index in [1.54, 1.807) is 18.2 Å². The zero-order valence-corrected chi connectivity index (χ0v) is 17.0. The van der Waals surface area contributed by atoms with Crippen molar-refractivity contribution in [1.82, 2.24) is 9.88 Å². The van der Waals surface area contributed by atoms with Gasteiger partial charge in [0, 0.05) is 47.9 Å². The number of H-pyrrole nitrogens is 1. The number of likely N-dealkylation sites (tertiary alicyclic amines) is 1. The fourth-order valence-electron chi connectivity index (χ4n) is 6.06. The van der Waals surface area contributed by atoms with E-state index in [0.29, 0.717) is 24.8 Å². The number of phenols is 1. The molecule has 1 aromatic heterocycles. The minimum atomic E-state index is -1.02. The van der Waals surface area contributed by atoms with Gasteiger partial charge in [0.1, 0.15) is 11.6 Å². The number of nitrogens with zero attached hydrogens (tertiary/aromatic N) is 1. The lowest BCUT2D eigenvalue weighted by atomic mass is 9.56. The first-order valence-electron chi connectivity index (χ1n) is 11.0. The Balaban J connectivity index is 1.51. The van der Waals surface area contributed by atoms with Crippen molar-refractivity contribution in [1.29, 1.82) is 0 Å². The number of aromatic nitrogens is 1. The molecule has 4 nitrogen and oxygen atoms in total. The average molecular weight is 407 g/mol. The summed E-state index contributed by atoms with van der Waals surface area (Å²) in [5, 5.41) is 23.1. The molecule has 0 spiro atoms. The molecular formula is C25H27FN2O2. The van der Waals surface area contributed by atoms with E-state index in [1.165, 1.54) is 18.9 Å². The topological polar surface area (TPSA) is 59.5 Å². The van der Waals surface area contributed by atoms with E-state index in [-0.39, 0.29) is 11.6 Å². The monoisotopic (exact) mass is 406 g/mol. The van der Waals surface area contributed by atoms with Crippen LogP contribution in [0.4, 0.5) is 4.39 Å². The molecule has 30 heavy (non-hydrogen) atoms. The molecule has 2 aromatic carbocycles. The van der Waals surface area contributed by atoms with Crippen LogP contribution in [0.2, 0.25) is 0 Å². The lowest BCUT2D eigenvalue weighted by Gasteiger charge is -2.56. The molecule has 2 atom stereocenters. The number of aliphatic hydroxyl groups is 1. The third kappa shape index (κ3) is 2.65. The highest BCUT2D eigenvalue weighted by Gasteiger charge is 2.58. The van der Waals surface area contributed by atoms with Gasteiger partial charge in [-0.15, -0.1) is 0 Å². The number of fused-ring (bicyclic) bond motifs is 4. The van der Waals surface area contributed by atoms with Gasteiger partial charge < -0.3 is 20.1 Å². The highest BCUT2D eigenvalue weighted by molar-refractivity contribution is 5.86. The van der Waals surface area contributed by atoms with Crippen LogP contribution >= 0.6 is 0 Å². The van der Waals surface area contributed by atoms with E-state index in [9.17, 15) is 14.6 Å². The second-order valence-electron chi connectivity index (χ2n) is 9.69. The maximum absolute atomic E-state index is 14.7. The van der Waals surface area contributed by atoms with Crippen LogP contribution in [0.25, 0.3) is 10.9 Å². The summed E-state index contributed by atoms with van der Waals surface area (Å²) in [6.45, 7) is 2.55. The van der Waals surface area contributed by atoms with Crippen molar-refractivity contribution in [2.24, 2.45) is 5.92 Å². The van der Waals surface area contributed by atoms with Crippen molar-refractivity contribution in [2.75, 3.05) is 19.6 Å². The van der Waals surface area contributed by atoms with Gasteiger partial charge in [-0.2, -0.15) is 0 Å².